The Bertz CT molecular complexity index is 1450. The van der Waals surface area contributed by atoms with Crippen LogP contribution in [-0.4, -0.2) is 33.3 Å². The monoisotopic (exact) mass is 445 g/mol. The number of piperidine rings is 1. The molecule has 0 amide bonds. The molecule has 5 heteroatoms. The van der Waals surface area contributed by atoms with Crippen LogP contribution in [0.3, 0.4) is 0 Å². The minimum absolute atomic E-state index is 0.614. The summed E-state index contributed by atoms with van der Waals surface area (Å²) in [6.07, 6.45) is 8.30. The molecule has 1 unspecified atom stereocenters. The fraction of sp³-hybridized carbons (Fsp3) is 0.207. The summed E-state index contributed by atoms with van der Waals surface area (Å²) in [7, 11) is 0. The number of fused-ring (bicyclic) bond motifs is 1. The molecule has 5 aromatic rings. The highest BCUT2D eigenvalue weighted by Crippen LogP contribution is 2.35. The highest BCUT2D eigenvalue weighted by Gasteiger charge is 2.16. The molecule has 1 aliphatic heterocycles. The molecule has 1 fully saturated rings. The molecule has 2 N–H and O–H groups in total. The van der Waals surface area contributed by atoms with Crippen LogP contribution in [0.15, 0.2) is 79.3 Å². The zero-order valence-corrected chi connectivity index (χ0v) is 19.3. The van der Waals surface area contributed by atoms with E-state index >= 15 is 0 Å². The fourth-order valence-electron chi connectivity index (χ4n) is 5.03. The van der Waals surface area contributed by atoms with Crippen molar-refractivity contribution >= 4 is 10.8 Å². The number of rotatable bonds is 4. The van der Waals surface area contributed by atoms with Gasteiger partial charge in [0.25, 0.3) is 0 Å². The van der Waals surface area contributed by atoms with Crippen molar-refractivity contribution in [3.05, 3.63) is 90.5 Å². The number of aromatic amines is 1. The summed E-state index contributed by atoms with van der Waals surface area (Å²) >= 11 is 0. The maximum absolute atomic E-state index is 4.67. The van der Waals surface area contributed by atoms with Crippen molar-refractivity contribution in [2.75, 3.05) is 13.1 Å². The molecule has 0 spiro atoms. The third-order valence-electron chi connectivity index (χ3n) is 6.84. The van der Waals surface area contributed by atoms with Gasteiger partial charge in [-0.2, -0.15) is 5.10 Å². The van der Waals surface area contributed by atoms with Crippen LogP contribution in [0, 0.1) is 6.92 Å². The number of nitrogens with zero attached hydrogens (tertiary/aromatic N) is 3. The summed E-state index contributed by atoms with van der Waals surface area (Å²) in [5.74, 6) is 0.614. The van der Waals surface area contributed by atoms with Crippen molar-refractivity contribution in [1.29, 1.82) is 0 Å². The Labute approximate surface area is 199 Å². The average molecular weight is 446 g/mol. The van der Waals surface area contributed by atoms with Crippen LogP contribution in [0.25, 0.3) is 44.4 Å². The van der Waals surface area contributed by atoms with E-state index in [4.69, 9.17) is 0 Å². The summed E-state index contributed by atoms with van der Waals surface area (Å²) in [4.78, 5) is 9.24. The van der Waals surface area contributed by atoms with E-state index in [0.717, 1.165) is 52.2 Å². The van der Waals surface area contributed by atoms with Crippen LogP contribution in [0.1, 0.15) is 30.0 Å². The Balaban J connectivity index is 1.36. The molecule has 4 heterocycles. The standard InChI is InChI=1S/C29H27N5/c1-19-4-2-6-28(33-19)29-27(18-32-34-29)22-11-12-25-24(14-22)16-31-17-26(25)21-9-7-20(8-10-21)23-5-3-13-30-15-23/h2,4,6-12,14,16-18,23,30H,3,5,13,15H2,1H3,(H,32,34). The van der Waals surface area contributed by atoms with Crippen LogP contribution >= 0.6 is 0 Å². The SMILES string of the molecule is Cc1cccc(-c2[nH]ncc2-c2ccc3c(-c4ccc(C5CCCNC5)cc4)cncc3c2)n1. The van der Waals surface area contributed by atoms with Crippen LogP contribution in [0.5, 0.6) is 0 Å². The van der Waals surface area contributed by atoms with Gasteiger partial charge < -0.3 is 5.32 Å². The van der Waals surface area contributed by atoms with Gasteiger partial charge >= 0.3 is 0 Å². The second-order valence-corrected chi connectivity index (χ2v) is 9.11. The second kappa shape index (κ2) is 8.84. The van der Waals surface area contributed by atoms with E-state index in [1.807, 2.05) is 43.7 Å². The predicted octanol–water partition coefficient (Wildman–Crippen LogP) is 6.13. The summed E-state index contributed by atoms with van der Waals surface area (Å²) in [5, 5.41) is 13.3. The quantitative estimate of drug-likeness (QED) is 0.349. The third-order valence-corrected chi connectivity index (χ3v) is 6.84. The number of aromatic nitrogens is 4. The number of aryl methyl sites for hydroxylation is 1. The predicted molar refractivity (Wildman–Crippen MR) is 138 cm³/mol. The highest BCUT2D eigenvalue weighted by molar-refractivity contribution is 5.98. The minimum Gasteiger partial charge on any atom is -0.316 e. The smallest absolute Gasteiger partial charge is 0.0912 e. The molecule has 1 saturated heterocycles. The number of hydrogen-bond donors (Lipinski definition) is 2. The van der Waals surface area contributed by atoms with E-state index in [0.29, 0.717) is 5.92 Å². The largest absolute Gasteiger partial charge is 0.316 e. The van der Waals surface area contributed by atoms with E-state index in [9.17, 15) is 0 Å². The molecule has 6 rings (SSSR count). The number of H-pyrrole nitrogens is 1. The molecule has 0 bridgehead atoms. The average Bonchev–Trinajstić information content (AvgIpc) is 3.39. The van der Waals surface area contributed by atoms with Gasteiger partial charge in [0.2, 0.25) is 0 Å². The molecule has 168 valence electrons. The van der Waals surface area contributed by atoms with E-state index < -0.39 is 0 Å². The number of hydrogen-bond acceptors (Lipinski definition) is 4. The van der Waals surface area contributed by atoms with Crippen molar-refractivity contribution in [1.82, 2.24) is 25.5 Å². The molecule has 0 radical (unpaired) electrons. The first-order valence-electron chi connectivity index (χ1n) is 11.9. The first kappa shape index (κ1) is 20.8. The summed E-state index contributed by atoms with van der Waals surface area (Å²) in [6.45, 7) is 4.22. The molecule has 0 saturated carbocycles. The minimum atomic E-state index is 0.614. The van der Waals surface area contributed by atoms with Crippen molar-refractivity contribution in [2.24, 2.45) is 0 Å². The summed E-state index contributed by atoms with van der Waals surface area (Å²) in [5.41, 5.74) is 8.72. The first-order valence-corrected chi connectivity index (χ1v) is 11.9. The van der Waals surface area contributed by atoms with Crippen LogP contribution in [-0.2, 0) is 0 Å². The zero-order valence-electron chi connectivity index (χ0n) is 19.3. The van der Waals surface area contributed by atoms with Gasteiger partial charge in [-0.1, -0.05) is 42.5 Å². The third kappa shape index (κ3) is 3.88. The van der Waals surface area contributed by atoms with Crippen LogP contribution in [0.4, 0.5) is 0 Å². The van der Waals surface area contributed by atoms with Crippen LogP contribution < -0.4 is 5.32 Å². The normalized spacial score (nSPS) is 16.1. The van der Waals surface area contributed by atoms with Crippen molar-refractivity contribution < 1.29 is 0 Å². The first-order chi connectivity index (χ1) is 16.8. The van der Waals surface area contributed by atoms with Gasteiger partial charge in [0.1, 0.15) is 0 Å². The van der Waals surface area contributed by atoms with E-state index in [2.05, 4.69) is 67.9 Å². The molecule has 34 heavy (non-hydrogen) atoms. The van der Waals surface area contributed by atoms with E-state index in [1.165, 1.54) is 29.4 Å². The van der Waals surface area contributed by atoms with Crippen molar-refractivity contribution in [3.8, 4) is 33.6 Å². The van der Waals surface area contributed by atoms with Gasteiger partial charge in [0, 0.05) is 41.1 Å². The van der Waals surface area contributed by atoms with Gasteiger partial charge in [-0.25, -0.2) is 0 Å². The highest BCUT2D eigenvalue weighted by atomic mass is 15.1. The van der Waals surface area contributed by atoms with Gasteiger partial charge in [-0.05, 0) is 72.5 Å². The molecule has 1 aliphatic rings. The Morgan fingerprint density at radius 2 is 1.76 bits per heavy atom. The number of nitrogens with one attached hydrogen (secondary N) is 2. The lowest BCUT2D eigenvalue weighted by atomic mass is 9.90. The topological polar surface area (TPSA) is 66.5 Å². The Morgan fingerprint density at radius 3 is 2.59 bits per heavy atom. The number of pyridine rings is 2. The molecule has 5 nitrogen and oxygen atoms in total. The van der Waals surface area contributed by atoms with E-state index in [1.54, 1.807) is 0 Å². The Hall–Kier alpha value is -3.83. The molecule has 2 aromatic carbocycles. The van der Waals surface area contributed by atoms with Crippen LogP contribution in [0.2, 0.25) is 0 Å². The number of benzene rings is 2. The van der Waals surface area contributed by atoms with Crippen molar-refractivity contribution in [2.45, 2.75) is 25.7 Å². The maximum Gasteiger partial charge on any atom is 0.0912 e. The van der Waals surface area contributed by atoms with E-state index in [-0.39, 0.29) is 0 Å². The molecular formula is C29H27N5. The van der Waals surface area contributed by atoms with Gasteiger partial charge in [0.15, 0.2) is 0 Å². The molecule has 3 aromatic heterocycles. The van der Waals surface area contributed by atoms with Gasteiger partial charge in [-0.3, -0.25) is 15.1 Å². The lowest BCUT2D eigenvalue weighted by molar-refractivity contribution is 0.461. The summed E-state index contributed by atoms with van der Waals surface area (Å²) in [6, 6.07) is 21.6. The van der Waals surface area contributed by atoms with Gasteiger partial charge in [-0.15, -0.1) is 0 Å². The Kier molecular flexibility index (Phi) is 5.40. The molecule has 1 atom stereocenters. The zero-order chi connectivity index (χ0) is 22.9. The van der Waals surface area contributed by atoms with Gasteiger partial charge in [0.05, 0.1) is 17.6 Å². The Morgan fingerprint density at radius 1 is 0.882 bits per heavy atom. The second-order valence-electron chi connectivity index (χ2n) is 9.11. The lowest BCUT2D eigenvalue weighted by Crippen LogP contribution is -2.28. The molecule has 0 aliphatic carbocycles. The van der Waals surface area contributed by atoms with Crippen molar-refractivity contribution in [3.63, 3.8) is 0 Å². The lowest BCUT2D eigenvalue weighted by Gasteiger charge is -2.23. The fourth-order valence-corrected chi connectivity index (χ4v) is 5.03. The molecular weight excluding hydrogens is 418 g/mol. The summed E-state index contributed by atoms with van der Waals surface area (Å²) < 4.78 is 0. The maximum atomic E-state index is 4.67.